The Morgan fingerprint density at radius 1 is 1.22 bits per heavy atom. The molecule has 4 nitrogen and oxygen atoms in total. The van der Waals surface area contributed by atoms with Gasteiger partial charge in [-0.15, -0.1) is 0 Å². The molecule has 0 aromatic heterocycles. The van der Waals surface area contributed by atoms with Crippen molar-refractivity contribution in [3.8, 4) is 5.75 Å². The second-order valence-corrected chi connectivity index (χ2v) is 4.58. The van der Waals surface area contributed by atoms with Gasteiger partial charge in [0.15, 0.2) is 0 Å². The summed E-state index contributed by atoms with van der Waals surface area (Å²) in [6.07, 6.45) is -0.467. The molecule has 0 aliphatic rings. The number of ether oxygens (including phenoxy) is 2. The molecule has 0 unspecified atom stereocenters. The Bertz CT molecular complexity index is 324. The number of rotatable bonds is 8. The zero-order chi connectivity index (χ0) is 13.4. The van der Waals surface area contributed by atoms with Crippen LogP contribution >= 0.6 is 0 Å². The number of aliphatic hydroxyl groups is 1. The Kier molecular flexibility index (Phi) is 6.72. The predicted molar refractivity (Wildman–Crippen MR) is 71.8 cm³/mol. The summed E-state index contributed by atoms with van der Waals surface area (Å²) < 4.78 is 10.5. The molecule has 18 heavy (non-hydrogen) atoms. The van der Waals surface area contributed by atoms with Crippen LogP contribution in [-0.2, 0) is 11.3 Å². The van der Waals surface area contributed by atoms with Crippen molar-refractivity contribution in [2.45, 2.75) is 32.6 Å². The van der Waals surface area contributed by atoms with Gasteiger partial charge in [-0.1, -0.05) is 26.0 Å². The fraction of sp³-hybridized carbons (Fsp3) is 0.571. The molecule has 0 saturated carbocycles. The van der Waals surface area contributed by atoms with E-state index in [4.69, 9.17) is 9.47 Å². The zero-order valence-electron chi connectivity index (χ0n) is 11.3. The van der Waals surface area contributed by atoms with E-state index in [1.54, 1.807) is 7.11 Å². The summed E-state index contributed by atoms with van der Waals surface area (Å²) in [7, 11) is 1.64. The molecule has 4 heteroatoms. The third-order valence-electron chi connectivity index (χ3n) is 2.50. The number of benzene rings is 1. The topological polar surface area (TPSA) is 50.7 Å². The highest BCUT2D eigenvalue weighted by molar-refractivity contribution is 5.26. The maximum Gasteiger partial charge on any atom is 0.118 e. The van der Waals surface area contributed by atoms with E-state index in [2.05, 4.69) is 5.32 Å². The maximum absolute atomic E-state index is 9.65. The van der Waals surface area contributed by atoms with Crippen molar-refractivity contribution in [2.24, 2.45) is 0 Å². The molecule has 1 aromatic carbocycles. The lowest BCUT2D eigenvalue weighted by atomic mass is 10.2. The Hall–Kier alpha value is -1.10. The number of nitrogens with one attached hydrogen (secondary N) is 1. The lowest BCUT2D eigenvalue weighted by molar-refractivity contribution is 0.0280. The number of hydrogen-bond donors (Lipinski definition) is 2. The van der Waals surface area contributed by atoms with Gasteiger partial charge in [-0.05, 0) is 17.7 Å². The smallest absolute Gasteiger partial charge is 0.118 e. The quantitative estimate of drug-likeness (QED) is 0.738. The third-order valence-corrected chi connectivity index (χ3v) is 2.50. The third kappa shape index (κ3) is 6.00. The van der Waals surface area contributed by atoms with Crippen LogP contribution in [0.1, 0.15) is 19.4 Å². The van der Waals surface area contributed by atoms with E-state index in [0.29, 0.717) is 25.8 Å². The number of methoxy groups -OCH3 is 1. The van der Waals surface area contributed by atoms with Crippen LogP contribution in [0.5, 0.6) is 5.75 Å². The molecule has 0 spiro atoms. The van der Waals surface area contributed by atoms with Crippen LogP contribution < -0.4 is 10.1 Å². The van der Waals surface area contributed by atoms with Crippen LogP contribution in [0.4, 0.5) is 0 Å². The molecule has 1 atom stereocenters. The van der Waals surface area contributed by atoms with E-state index in [9.17, 15) is 5.11 Å². The molecule has 0 heterocycles. The van der Waals surface area contributed by atoms with Crippen LogP contribution in [0.3, 0.4) is 0 Å². The summed E-state index contributed by atoms with van der Waals surface area (Å²) in [5, 5.41) is 12.8. The van der Waals surface area contributed by atoms with Gasteiger partial charge in [-0.25, -0.2) is 0 Å². The summed E-state index contributed by atoms with van der Waals surface area (Å²) in [6, 6.07) is 8.08. The van der Waals surface area contributed by atoms with Crippen molar-refractivity contribution in [1.82, 2.24) is 5.32 Å². The van der Waals surface area contributed by atoms with Crippen molar-refractivity contribution in [3.05, 3.63) is 29.8 Å². The van der Waals surface area contributed by atoms with Gasteiger partial charge in [0.2, 0.25) is 0 Å². The molecule has 0 amide bonds. The summed E-state index contributed by atoms with van der Waals surface area (Å²) in [5.41, 5.74) is 1.07. The molecule has 1 rings (SSSR count). The monoisotopic (exact) mass is 253 g/mol. The number of aliphatic hydroxyl groups excluding tert-OH is 1. The highest BCUT2D eigenvalue weighted by Crippen LogP contribution is 2.11. The van der Waals surface area contributed by atoms with E-state index in [1.807, 2.05) is 38.1 Å². The van der Waals surface area contributed by atoms with Gasteiger partial charge in [-0.3, -0.25) is 0 Å². The molecule has 2 N–H and O–H groups in total. The van der Waals surface area contributed by atoms with Gasteiger partial charge in [-0.2, -0.15) is 0 Å². The zero-order valence-corrected chi connectivity index (χ0v) is 11.3. The molecule has 102 valence electrons. The van der Waals surface area contributed by atoms with Crippen LogP contribution in [0, 0.1) is 0 Å². The normalized spacial score (nSPS) is 12.7. The number of hydrogen-bond acceptors (Lipinski definition) is 4. The molecule has 0 saturated heterocycles. The minimum atomic E-state index is -0.467. The van der Waals surface area contributed by atoms with E-state index < -0.39 is 6.10 Å². The van der Waals surface area contributed by atoms with Crippen LogP contribution in [0.25, 0.3) is 0 Å². The molecule has 0 aliphatic heterocycles. The average Bonchev–Trinajstić information content (AvgIpc) is 2.37. The van der Waals surface area contributed by atoms with E-state index in [0.717, 1.165) is 11.3 Å². The van der Waals surface area contributed by atoms with Gasteiger partial charge in [0, 0.05) is 12.6 Å². The summed E-state index contributed by atoms with van der Waals surface area (Å²) >= 11 is 0. The Morgan fingerprint density at radius 3 is 2.44 bits per heavy atom. The first kappa shape index (κ1) is 15.0. The minimum absolute atomic E-state index is 0.339. The van der Waals surface area contributed by atoms with Crippen molar-refractivity contribution < 1.29 is 14.6 Å². The Labute approximate surface area is 109 Å². The molecular weight excluding hydrogens is 230 g/mol. The van der Waals surface area contributed by atoms with Crippen LogP contribution in [0.2, 0.25) is 0 Å². The molecular formula is C14H23NO3. The molecule has 0 radical (unpaired) electrons. The van der Waals surface area contributed by atoms with Crippen molar-refractivity contribution >= 4 is 0 Å². The van der Waals surface area contributed by atoms with E-state index in [-0.39, 0.29) is 0 Å². The first-order chi connectivity index (χ1) is 8.61. The van der Waals surface area contributed by atoms with Gasteiger partial charge in [0.1, 0.15) is 5.75 Å². The minimum Gasteiger partial charge on any atom is -0.497 e. The van der Waals surface area contributed by atoms with E-state index >= 15 is 0 Å². The summed E-state index contributed by atoms with van der Waals surface area (Å²) in [5.74, 6) is 0.833. The van der Waals surface area contributed by atoms with Gasteiger partial charge < -0.3 is 19.9 Å². The van der Waals surface area contributed by atoms with Crippen molar-refractivity contribution in [1.29, 1.82) is 0 Å². The Morgan fingerprint density at radius 2 is 1.89 bits per heavy atom. The fourth-order valence-electron chi connectivity index (χ4n) is 1.47. The molecule has 0 bridgehead atoms. The first-order valence-corrected chi connectivity index (χ1v) is 6.24. The van der Waals surface area contributed by atoms with Gasteiger partial charge in [0.25, 0.3) is 0 Å². The standard InChI is InChI=1S/C14H23NO3/c1-11(2)15-8-13(16)10-18-9-12-4-6-14(17-3)7-5-12/h4-7,11,13,15-16H,8-10H2,1-3H3/t13-/m0/s1. The maximum atomic E-state index is 9.65. The summed E-state index contributed by atoms with van der Waals surface area (Å²) in [6.45, 7) is 5.49. The van der Waals surface area contributed by atoms with Crippen LogP contribution in [-0.4, -0.2) is 37.5 Å². The van der Waals surface area contributed by atoms with Gasteiger partial charge in [0.05, 0.1) is 26.4 Å². The van der Waals surface area contributed by atoms with Crippen LogP contribution in [0.15, 0.2) is 24.3 Å². The average molecular weight is 253 g/mol. The largest absolute Gasteiger partial charge is 0.497 e. The molecule has 0 aliphatic carbocycles. The molecule has 0 fully saturated rings. The second kappa shape index (κ2) is 8.08. The highest BCUT2D eigenvalue weighted by Gasteiger charge is 2.05. The lowest BCUT2D eigenvalue weighted by Crippen LogP contribution is -2.34. The lowest BCUT2D eigenvalue weighted by Gasteiger charge is -2.14. The van der Waals surface area contributed by atoms with E-state index in [1.165, 1.54) is 0 Å². The Balaban J connectivity index is 2.20. The summed E-state index contributed by atoms with van der Waals surface area (Å²) in [4.78, 5) is 0. The molecule has 1 aromatic rings. The SMILES string of the molecule is COc1ccc(COC[C@@H](O)CNC(C)C)cc1. The first-order valence-electron chi connectivity index (χ1n) is 6.24. The fourth-order valence-corrected chi connectivity index (χ4v) is 1.47. The van der Waals surface area contributed by atoms with Gasteiger partial charge >= 0.3 is 0 Å². The second-order valence-electron chi connectivity index (χ2n) is 4.58. The highest BCUT2D eigenvalue weighted by atomic mass is 16.5. The van der Waals surface area contributed by atoms with Crippen molar-refractivity contribution in [2.75, 3.05) is 20.3 Å². The predicted octanol–water partition coefficient (Wildman–Crippen LogP) is 1.57. The van der Waals surface area contributed by atoms with Crippen molar-refractivity contribution in [3.63, 3.8) is 0 Å².